The Hall–Kier alpha value is -0.830. The average Bonchev–Trinajstić information content (AvgIpc) is 2.46. The van der Waals surface area contributed by atoms with E-state index in [0.29, 0.717) is 0 Å². The summed E-state index contributed by atoms with van der Waals surface area (Å²) in [5.41, 5.74) is -5.71. The van der Waals surface area contributed by atoms with E-state index >= 15 is 0 Å². The summed E-state index contributed by atoms with van der Waals surface area (Å²) in [5.74, 6) is -18.2. The molecular formula is C15H14F11IO2. The van der Waals surface area contributed by atoms with Crippen molar-refractivity contribution < 1.29 is 58.2 Å². The fraction of sp³-hybridized carbons (Fsp3) is 0.800. The second-order valence-electron chi connectivity index (χ2n) is 6.66. The minimum Gasteiger partial charge on any atom is -0.481 e. The van der Waals surface area contributed by atoms with E-state index in [4.69, 9.17) is 5.11 Å². The molecule has 1 aliphatic carbocycles. The van der Waals surface area contributed by atoms with Gasteiger partial charge in [-0.3, -0.25) is 4.79 Å². The van der Waals surface area contributed by atoms with Crippen molar-refractivity contribution in [3.8, 4) is 0 Å². The monoisotopic (exact) mass is 562 g/mol. The highest BCUT2D eigenvalue weighted by Crippen LogP contribution is 2.66. The topological polar surface area (TPSA) is 37.3 Å². The molecule has 0 aromatic rings. The van der Waals surface area contributed by atoms with Crippen LogP contribution in [0.3, 0.4) is 0 Å². The molecule has 29 heavy (non-hydrogen) atoms. The van der Waals surface area contributed by atoms with Crippen LogP contribution < -0.4 is 0 Å². The van der Waals surface area contributed by atoms with Gasteiger partial charge in [-0.2, -0.15) is 43.9 Å². The fourth-order valence-corrected chi connectivity index (χ4v) is 4.49. The zero-order chi connectivity index (χ0) is 23.1. The molecule has 0 aromatic heterocycles. The average molecular weight is 562 g/mol. The van der Waals surface area contributed by atoms with Crippen LogP contribution in [-0.4, -0.2) is 44.4 Å². The van der Waals surface area contributed by atoms with Crippen LogP contribution in [0.5, 0.6) is 0 Å². The van der Waals surface area contributed by atoms with Gasteiger partial charge in [0, 0.05) is 16.3 Å². The number of halogens is 12. The molecule has 1 rings (SSSR count). The van der Waals surface area contributed by atoms with Crippen LogP contribution in [0.4, 0.5) is 48.3 Å². The van der Waals surface area contributed by atoms with Crippen molar-refractivity contribution in [1.82, 2.24) is 0 Å². The lowest BCUT2D eigenvalue weighted by Crippen LogP contribution is -2.74. The maximum absolute atomic E-state index is 14.3. The van der Waals surface area contributed by atoms with E-state index in [-0.39, 0.29) is 6.42 Å². The molecule has 0 aliphatic heterocycles. The third-order valence-corrected chi connectivity index (χ3v) is 5.93. The Kier molecular flexibility index (Phi) is 7.25. The third kappa shape index (κ3) is 4.92. The van der Waals surface area contributed by atoms with Crippen LogP contribution in [0.2, 0.25) is 0 Å². The molecule has 0 radical (unpaired) electrons. The Bertz CT molecular complexity index is 643. The van der Waals surface area contributed by atoms with E-state index in [1.54, 1.807) is 0 Å². The van der Waals surface area contributed by atoms with Gasteiger partial charge in [0.1, 0.15) is 5.92 Å². The Labute approximate surface area is 170 Å². The number of alkyl halides is 12. The van der Waals surface area contributed by atoms with E-state index < -0.39 is 70.9 Å². The largest absolute Gasteiger partial charge is 0.481 e. The van der Waals surface area contributed by atoms with Gasteiger partial charge in [0.15, 0.2) is 0 Å². The number of carboxylic acid groups (broad SMARTS) is 1. The van der Waals surface area contributed by atoms with Gasteiger partial charge in [-0.1, -0.05) is 34.7 Å². The molecule has 2 nitrogen and oxygen atoms in total. The van der Waals surface area contributed by atoms with Crippen LogP contribution >= 0.6 is 22.6 Å². The third-order valence-electron chi connectivity index (χ3n) is 4.48. The van der Waals surface area contributed by atoms with E-state index in [1.165, 1.54) is 0 Å². The second-order valence-corrected chi connectivity index (χ2v) is 8.81. The Balaban J connectivity index is 3.23. The highest BCUT2D eigenvalue weighted by atomic mass is 127. The smallest absolute Gasteiger partial charge is 0.428 e. The first kappa shape index (κ1) is 26.2. The number of unbranched alkanes of at least 4 members (excludes halogenated alkanes) is 1. The van der Waals surface area contributed by atoms with Crippen molar-refractivity contribution in [1.29, 1.82) is 0 Å². The summed E-state index contributed by atoms with van der Waals surface area (Å²) < 4.78 is 142. The summed E-state index contributed by atoms with van der Waals surface area (Å²) in [5, 5.41) is 8.97. The zero-order valence-corrected chi connectivity index (χ0v) is 16.3. The fourth-order valence-electron chi connectivity index (χ4n) is 3.05. The van der Waals surface area contributed by atoms with Gasteiger partial charge in [-0.05, 0) is 19.3 Å². The lowest BCUT2D eigenvalue weighted by atomic mass is 9.66. The summed E-state index contributed by atoms with van der Waals surface area (Å²) in [6.07, 6.45) is -14.4. The van der Waals surface area contributed by atoms with Crippen molar-refractivity contribution >= 4 is 28.6 Å². The Morgan fingerprint density at radius 2 is 1.55 bits per heavy atom. The summed E-state index contributed by atoms with van der Waals surface area (Å²) in [7, 11) is 0. The lowest BCUT2D eigenvalue weighted by molar-refractivity contribution is -0.381. The van der Waals surface area contributed by atoms with Crippen molar-refractivity contribution in [3.63, 3.8) is 0 Å². The van der Waals surface area contributed by atoms with E-state index in [9.17, 15) is 53.1 Å². The van der Waals surface area contributed by atoms with Crippen LogP contribution in [0.25, 0.3) is 0 Å². The van der Waals surface area contributed by atoms with Gasteiger partial charge in [0.25, 0.3) is 5.67 Å². The van der Waals surface area contributed by atoms with Crippen LogP contribution in [0.15, 0.2) is 12.2 Å². The summed E-state index contributed by atoms with van der Waals surface area (Å²) in [6, 6.07) is 0. The molecule has 1 fully saturated rings. The highest BCUT2D eigenvalue weighted by Gasteiger charge is 2.87. The predicted molar refractivity (Wildman–Crippen MR) is 85.9 cm³/mol. The maximum Gasteiger partial charge on any atom is 0.428 e. The quantitative estimate of drug-likeness (QED) is 0.132. The SMILES string of the molecule is O=C(O)C1C(I)(CC=CCCCC(F)(F)F)CC(F)(C(F)(F)F)C(F)(F)C1(F)F. The first-order valence-corrected chi connectivity index (χ1v) is 8.95. The van der Waals surface area contributed by atoms with Gasteiger partial charge in [0.2, 0.25) is 0 Å². The van der Waals surface area contributed by atoms with E-state index in [0.717, 1.165) is 34.7 Å². The summed E-state index contributed by atoms with van der Waals surface area (Å²) in [4.78, 5) is 11.2. The number of rotatable bonds is 6. The number of hydrogen-bond acceptors (Lipinski definition) is 1. The van der Waals surface area contributed by atoms with Gasteiger partial charge in [-0.25, -0.2) is 4.39 Å². The molecule has 0 aromatic carbocycles. The Morgan fingerprint density at radius 1 is 1.03 bits per heavy atom. The predicted octanol–water partition coefficient (Wildman–Crippen LogP) is 6.48. The molecular weight excluding hydrogens is 548 g/mol. The minimum absolute atomic E-state index is 0.295. The Morgan fingerprint density at radius 3 is 1.97 bits per heavy atom. The number of allylic oxidation sites excluding steroid dienone is 2. The number of hydrogen-bond donors (Lipinski definition) is 1. The molecule has 0 bridgehead atoms. The molecule has 3 unspecified atom stereocenters. The molecule has 0 saturated heterocycles. The van der Waals surface area contributed by atoms with Gasteiger partial charge < -0.3 is 5.11 Å². The van der Waals surface area contributed by atoms with E-state index in [1.807, 2.05) is 0 Å². The van der Waals surface area contributed by atoms with Crippen LogP contribution in [0.1, 0.15) is 32.1 Å². The maximum atomic E-state index is 14.3. The molecule has 170 valence electrons. The van der Waals surface area contributed by atoms with Gasteiger partial charge in [0.05, 0.1) is 0 Å². The van der Waals surface area contributed by atoms with Crippen molar-refractivity contribution in [2.45, 2.75) is 65.4 Å². The van der Waals surface area contributed by atoms with Gasteiger partial charge in [-0.15, -0.1) is 0 Å². The standard InChI is InChI=1S/C15H14F11IO2/c16-11(15(24,25)26)7-10(27,5-3-1-2-4-6-12(17,18)19)8(9(28)29)13(20,21)14(11,22)23/h1,3,8H,2,4-7H2,(H,28,29). The molecule has 1 saturated carbocycles. The summed E-state index contributed by atoms with van der Waals surface area (Å²) in [6.45, 7) is 0. The second kappa shape index (κ2) is 8.02. The van der Waals surface area contributed by atoms with Crippen molar-refractivity contribution in [2.24, 2.45) is 5.92 Å². The van der Waals surface area contributed by atoms with Gasteiger partial charge >= 0.3 is 30.2 Å². The van der Waals surface area contributed by atoms with Crippen LogP contribution in [-0.2, 0) is 4.79 Å². The first-order chi connectivity index (χ1) is 12.7. The molecule has 0 spiro atoms. The van der Waals surface area contributed by atoms with Crippen molar-refractivity contribution in [3.05, 3.63) is 12.2 Å². The molecule has 0 amide bonds. The first-order valence-electron chi connectivity index (χ1n) is 7.88. The highest BCUT2D eigenvalue weighted by molar-refractivity contribution is 14.1. The molecule has 3 atom stereocenters. The van der Waals surface area contributed by atoms with Crippen LogP contribution in [0, 0.1) is 5.92 Å². The zero-order valence-electron chi connectivity index (χ0n) is 14.2. The number of carboxylic acids is 1. The normalized spacial score (nSPS) is 32.5. The lowest BCUT2D eigenvalue weighted by Gasteiger charge is -2.52. The number of carbonyl (C=O) groups is 1. The van der Waals surface area contributed by atoms with Crippen molar-refractivity contribution in [2.75, 3.05) is 0 Å². The summed E-state index contributed by atoms with van der Waals surface area (Å²) >= 11 is 0.783. The molecule has 0 heterocycles. The molecule has 14 heteroatoms. The van der Waals surface area contributed by atoms with E-state index in [2.05, 4.69) is 0 Å². The molecule has 1 aliphatic rings. The number of aliphatic carboxylic acids is 1. The minimum atomic E-state index is -6.43. The molecule has 1 N–H and O–H groups in total.